The van der Waals surface area contributed by atoms with Crippen LogP contribution in [0.2, 0.25) is 5.02 Å². The number of thioether (sulfide) groups is 1. The average molecular weight is 417 g/mol. The first kappa shape index (κ1) is 20.2. The molecular formula is C19H21ClN6OS. The highest BCUT2D eigenvalue weighted by molar-refractivity contribution is 7.99. The van der Waals surface area contributed by atoms with Crippen LogP contribution in [0.15, 0.2) is 48.4 Å². The summed E-state index contributed by atoms with van der Waals surface area (Å²) in [5.41, 5.74) is 2.42. The highest BCUT2D eigenvalue weighted by atomic mass is 35.5. The number of hydrogen-bond donors (Lipinski definition) is 1. The van der Waals surface area contributed by atoms with Crippen LogP contribution in [0.5, 0.6) is 0 Å². The van der Waals surface area contributed by atoms with Crippen molar-refractivity contribution in [2.75, 3.05) is 11.1 Å². The van der Waals surface area contributed by atoms with E-state index in [2.05, 4.69) is 27.2 Å². The Kier molecular flexibility index (Phi) is 6.53. The number of aryl methyl sites for hydroxylation is 1. The number of rotatable bonds is 8. The summed E-state index contributed by atoms with van der Waals surface area (Å²) >= 11 is 7.43. The number of carbonyl (C=O) groups excluding carboxylic acids is 1. The second-order valence-corrected chi connectivity index (χ2v) is 7.39. The van der Waals surface area contributed by atoms with Gasteiger partial charge < -0.3 is 5.32 Å². The maximum Gasteiger partial charge on any atom is 0.234 e. The molecule has 0 aliphatic heterocycles. The summed E-state index contributed by atoms with van der Waals surface area (Å²) in [7, 11) is 0. The molecule has 28 heavy (non-hydrogen) atoms. The van der Waals surface area contributed by atoms with E-state index in [1.165, 1.54) is 11.8 Å². The number of anilines is 1. The third kappa shape index (κ3) is 4.45. The maximum absolute atomic E-state index is 12.4. The summed E-state index contributed by atoms with van der Waals surface area (Å²) < 4.78 is 3.75. The van der Waals surface area contributed by atoms with Crippen LogP contribution in [0.3, 0.4) is 0 Å². The van der Waals surface area contributed by atoms with Gasteiger partial charge in [0.15, 0.2) is 11.0 Å². The van der Waals surface area contributed by atoms with Crippen molar-refractivity contribution >= 4 is 35.0 Å². The molecule has 9 heteroatoms. The van der Waals surface area contributed by atoms with Gasteiger partial charge in [0.25, 0.3) is 0 Å². The number of benzene rings is 1. The Hall–Kier alpha value is -2.58. The Labute approximate surface area is 172 Å². The molecule has 0 saturated heterocycles. The SMILES string of the molecule is C=CCn1c(SCC(=O)Nc2cccc(Cl)c2C)nnc1-c1cnn(CC)c1. The minimum Gasteiger partial charge on any atom is -0.325 e. The molecule has 1 N–H and O–H groups in total. The van der Waals surface area contributed by atoms with Gasteiger partial charge in [0.05, 0.1) is 17.5 Å². The maximum atomic E-state index is 12.4. The van der Waals surface area contributed by atoms with Crippen molar-refractivity contribution in [1.82, 2.24) is 24.5 Å². The van der Waals surface area contributed by atoms with Gasteiger partial charge in [-0.2, -0.15) is 5.10 Å². The highest BCUT2D eigenvalue weighted by Crippen LogP contribution is 2.25. The lowest BCUT2D eigenvalue weighted by molar-refractivity contribution is -0.113. The predicted octanol–water partition coefficient (Wildman–Crippen LogP) is 4.04. The van der Waals surface area contributed by atoms with Crippen LogP contribution in [0.25, 0.3) is 11.4 Å². The Bertz CT molecular complexity index is 996. The summed E-state index contributed by atoms with van der Waals surface area (Å²) in [5, 5.41) is 17.0. The van der Waals surface area contributed by atoms with Crippen molar-refractivity contribution in [3.63, 3.8) is 0 Å². The second-order valence-electron chi connectivity index (χ2n) is 6.04. The zero-order valence-electron chi connectivity index (χ0n) is 15.7. The third-order valence-electron chi connectivity index (χ3n) is 4.12. The van der Waals surface area contributed by atoms with E-state index in [1.807, 2.05) is 41.4 Å². The first-order chi connectivity index (χ1) is 13.5. The van der Waals surface area contributed by atoms with Gasteiger partial charge in [0.1, 0.15) is 0 Å². The summed E-state index contributed by atoms with van der Waals surface area (Å²) in [5.74, 6) is 0.771. The lowest BCUT2D eigenvalue weighted by Crippen LogP contribution is -2.15. The van der Waals surface area contributed by atoms with Crippen molar-refractivity contribution < 1.29 is 4.79 Å². The second kappa shape index (κ2) is 9.07. The summed E-state index contributed by atoms with van der Waals surface area (Å²) in [6.45, 7) is 9.01. The van der Waals surface area contributed by atoms with Gasteiger partial charge in [-0.25, -0.2) is 0 Å². The van der Waals surface area contributed by atoms with E-state index < -0.39 is 0 Å². The Morgan fingerprint density at radius 2 is 2.21 bits per heavy atom. The summed E-state index contributed by atoms with van der Waals surface area (Å²) in [6, 6.07) is 5.43. The van der Waals surface area contributed by atoms with Gasteiger partial charge in [0.2, 0.25) is 5.91 Å². The van der Waals surface area contributed by atoms with E-state index in [9.17, 15) is 4.79 Å². The number of nitrogens with zero attached hydrogens (tertiary/aromatic N) is 5. The number of amides is 1. The lowest BCUT2D eigenvalue weighted by atomic mass is 10.2. The standard InChI is InChI=1S/C19H21ClN6OS/c1-4-9-26-18(14-10-21-25(5-2)11-14)23-24-19(26)28-12-17(27)22-16-8-6-7-15(20)13(16)3/h4,6-8,10-11H,1,5,9,12H2,2-3H3,(H,22,27). The molecule has 2 aromatic heterocycles. The summed E-state index contributed by atoms with van der Waals surface area (Å²) in [6.07, 6.45) is 5.46. The fraction of sp³-hybridized carbons (Fsp3) is 0.263. The molecule has 0 bridgehead atoms. The fourth-order valence-corrected chi connectivity index (χ4v) is 3.54. The molecule has 7 nitrogen and oxygen atoms in total. The van der Waals surface area contributed by atoms with E-state index in [4.69, 9.17) is 11.6 Å². The molecule has 0 spiro atoms. The molecule has 0 aliphatic rings. The molecule has 0 saturated carbocycles. The van der Waals surface area contributed by atoms with Crippen LogP contribution in [0.1, 0.15) is 12.5 Å². The van der Waals surface area contributed by atoms with Crippen molar-refractivity contribution in [3.05, 3.63) is 53.8 Å². The van der Waals surface area contributed by atoms with Crippen molar-refractivity contribution in [2.24, 2.45) is 0 Å². The number of hydrogen-bond acceptors (Lipinski definition) is 5. The Morgan fingerprint density at radius 1 is 1.39 bits per heavy atom. The van der Waals surface area contributed by atoms with Crippen molar-refractivity contribution in [2.45, 2.75) is 32.1 Å². The van der Waals surface area contributed by atoms with Crippen molar-refractivity contribution in [3.8, 4) is 11.4 Å². The van der Waals surface area contributed by atoms with E-state index >= 15 is 0 Å². The molecule has 3 aromatic rings. The van der Waals surface area contributed by atoms with Crippen LogP contribution in [-0.2, 0) is 17.9 Å². The molecule has 0 atom stereocenters. The number of nitrogens with one attached hydrogen (secondary N) is 1. The van der Waals surface area contributed by atoms with Crippen LogP contribution < -0.4 is 5.32 Å². The third-order valence-corrected chi connectivity index (χ3v) is 5.49. The van der Waals surface area contributed by atoms with Crippen LogP contribution >= 0.6 is 23.4 Å². The fourth-order valence-electron chi connectivity index (χ4n) is 2.61. The van der Waals surface area contributed by atoms with Gasteiger partial charge in [-0.1, -0.05) is 35.5 Å². The quantitative estimate of drug-likeness (QED) is 0.443. The number of aromatic nitrogens is 5. The topological polar surface area (TPSA) is 77.6 Å². The minimum absolute atomic E-state index is 0.135. The van der Waals surface area contributed by atoms with Gasteiger partial charge in [-0.15, -0.1) is 16.8 Å². The Morgan fingerprint density at radius 3 is 2.93 bits per heavy atom. The smallest absolute Gasteiger partial charge is 0.234 e. The van der Waals surface area contributed by atoms with Gasteiger partial charge in [-0.3, -0.25) is 14.0 Å². The normalized spacial score (nSPS) is 10.8. The minimum atomic E-state index is -0.135. The molecule has 1 amide bonds. The zero-order chi connectivity index (χ0) is 20.1. The molecule has 146 valence electrons. The molecular weight excluding hydrogens is 396 g/mol. The first-order valence-corrected chi connectivity index (χ1v) is 10.1. The van der Waals surface area contributed by atoms with E-state index in [-0.39, 0.29) is 11.7 Å². The van der Waals surface area contributed by atoms with Crippen LogP contribution in [0, 0.1) is 6.92 Å². The molecule has 2 heterocycles. The molecule has 0 unspecified atom stereocenters. The van der Waals surface area contributed by atoms with Crippen molar-refractivity contribution in [1.29, 1.82) is 0 Å². The number of carbonyl (C=O) groups is 1. The van der Waals surface area contributed by atoms with Gasteiger partial charge >= 0.3 is 0 Å². The zero-order valence-corrected chi connectivity index (χ0v) is 17.3. The largest absolute Gasteiger partial charge is 0.325 e. The molecule has 0 fully saturated rings. The lowest BCUT2D eigenvalue weighted by Gasteiger charge is -2.10. The van der Waals surface area contributed by atoms with Gasteiger partial charge in [0, 0.05) is 30.0 Å². The Balaban J connectivity index is 1.72. The monoisotopic (exact) mass is 416 g/mol. The molecule has 0 radical (unpaired) electrons. The van der Waals surface area contributed by atoms with Crippen LogP contribution in [-0.4, -0.2) is 36.2 Å². The molecule has 0 aliphatic carbocycles. The molecule has 1 aromatic carbocycles. The number of halogens is 1. The van der Waals surface area contributed by atoms with Gasteiger partial charge in [-0.05, 0) is 31.5 Å². The van der Waals surface area contributed by atoms with Crippen LogP contribution in [0.4, 0.5) is 5.69 Å². The first-order valence-electron chi connectivity index (χ1n) is 8.78. The number of allylic oxidation sites excluding steroid dienone is 1. The molecule has 3 rings (SSSR count). The van der Waals surface area contributed by atoms with E-state index in [1.54, 1.807) is 18.3 Å². The van der Waals surface area contributed by atoms with E-state index in [0.717, 1.165) is 17.7 Å². The predicted molar refractivity (Wildman–Crippen MR) is 113 cm³/mol. The highest BCUT2D eigenvalue weighted by Gasteiger charge is 2.16. The average Bonchev–Trinajstić information content (AvgIpc) is 3.31. The summed E-state index contributed by atoms with van der Waals surface area (Å²) in [4.78, 5) is 12.4. The van der Waals surface area contributed by atoms with E-state index in [0.29, 0.717) is 28.2 Å².